The molecule has 10 heteroatoms. The highest BCUT2D eigenvalue weighted by molar-refractivity contribution is 14.1. The first kappa shape index (κ1) is 25.1. The Kier molecular flexibility index (Phi) is 7.69. The van der Waals surface area contributed by atoms with Crippen molar-refractivity contribution in [2.75, 3.05) is 0 Å². The van der Waals surface area contributed by atoms with E-state index in [1.807, 2.05) is 43.3 Å². The Hall–Kier alpha value is -3.00. The first-order valence-electron chi connectivity index (χ1n) is 10.5. The van der Waals surface area contributed by atoms with Crippen LogP contribution < -0.4 is 10.1 Å². The quantitative estimate of drug-likeness (QED) is 0.111. The molecule has 178 valence electrons. The molecule has 0 aromatic heterocycles. The molecule has 0 saturated carbocycles. The fourth-order valence-corrected chi connectivity index (χ4v) is 5.67. The summed E-state index contributed by atoms with van der Waals surface area (Å²) in [5.74, 6) is 0.301. The van der Waals surface area contributed by atoms with Gasteiger partial charge in [0.25, 0.3) is 11.6 Å². The Balaban J connectivity index is 1.47. The minimum absolute atomic E-state index is 0.0290. The Morgan fingerprint density at radius 3 is 2.34 bits per heavy atom. The van der Waals surface area contributed by atoms with Gasteiger partial charge in [0, 0.05) is 12.1 Å². The number of halogens is 2. The van der Waals surface area contributed by atoms with Gasteiger partial charge in [0.15, 0.2) is 0 Å². The van der Waals surface area contributed by atoms with Crippen LogP contribution in [-0.2, 0) is 17.9 Å². The first-order chi connectivity index (χ1) is 16.7. The molecule has 3 aromatic carbocycles. The summed E-state index contributed by atoms with van der Waals surface area (Å²) in [7, 11) is 0. The molecule has 1 fully saturated rings. The van der Waals surface area contributed by atoms with Crippen molar-refractivity contribution in [3.05, 3.63) is 106 Å². The molecule has 35 heavy (non-hydrogen) atoms. The minimum Gasteiger partial charge on any atom is -0.487 e. The average Bonchev–Trinajstić information content (AvgIpc) is 3.06. The van der Waals surface area contributed by atoms with Crippen LogP contribution in [0.4, 0.5) is 10.5 Å². The zero-order valence-corrected chi connectivity index (χ0v) is 22.8. The lowest BCUT2D eigenvalue weighted by Crippen LogP contribution is -2.30. The van der Waals surface area contributed by atoms with Crippen LogP contribution >= 0.6 is 45.2 Å². The van der Waals surface area contributed by atoms with Crippen LogP contribution in [0.5, 0.6) is 5.75 Å². The van der Waals surface area contributed by atoms with Crippen LogP contribution in [0.3, 0.4) is 0 Å². The van der Waals surface area contributed by atoms with Crippen LogP contribution in [-0.4, -0.2) is 21.8 Å². The molecule has 4 rings (SSSR count). The number of urea groups is 1. The van der Waals surface area contributed by atoms with E-state index >= 15 is 0 Å². The molecule has 1 aliphatic rings. The van der Waals surface area contributed by atoms with Crippen molar-refractivity contribution in [2.24, 2.45) is 0 Å². The van der Waals surface area contributed by atoms with Crippen molar-refractivity contribution in [1.29, 1.82) is 0 Å². The summed E-state index contributed by atoms with van der Waals surface area (Å²) in [6.07, 6.45) is 1.65. The van der Waals surface area contributed by atoms with Gasteiger partial charge in [-0.05, 0) is 99.1 Å². The number of rotatable bonds is 7. The van der Waals surface area contributed by atoms with Gasteiger partial charge in [-0.3, -0.25) is 19.8 Å². The lowest BCUT2D eigenvalue weighted by atomic mass is 10.1. The molecular formula is C25H19I2N3O5. The predicted octanol–water partition coefficient (Wildman–Crippen LogP) is 5.78. The van der Waals surface area contributed by atoms with Crippen molar-refractivity contribution in [2.45, 2.75) is 20.1 Å². The fourth-order valence-electron chi connectivity index (χ4n) is 3.55. The van der Waals surface area contributed by atoms with Crippen molar-refractivity contribution < 1.29 is 19.2 Å². The number of nitrogens with zero attached hydrogens (tertiary/aromatic N) is 2. The Bertz CT molecular complexity index is 1330. The number of nitro groups is 1. The molecule has 1 aliphatic heterocycles. The maximum Gasteiger partial charge on any atom is 0.329 e. The summed E-state index contributed by atoms with van der Waals surface area (Å²) in [5, 5.41) is 13.5. The van der Waals surface area contributed by atoms with Crippen molar-refractivity contribution in [1.82, 2.24) is 10.2 Å². The number of hydrogen-bond donors (Lipinski definition) is 1. The van der Waals surface area contributed by atoms with E-state index in [1.54, 1.807) is 18.2 Å². The van der Waals surface area contributed by atoms with E-state index in [9.17, 15) is 19.7 Å². The SMILES string of the molecule is Cc1cccc(CN2C(=O)N/C(=C/c3cc(I)c(OCc4ccc([N+](=O)[O-])cc4)c(I)c3)C2=O)c1. The lowest BCUT2D eigenvalue weighted by molar-refractivity contribution is -0.384. The zero-order chi connectivity index (χ0) is 25.1. The van der Waals surface area contributed by atoms with Gasteiger partial charge in [0.1, 0.15) is 18.1 Å². The molecule has 0 atom stereocenters. The van der Waals surface area contributed by atoms with Crippen LogP contribution in [0.2, 0.25) is 0 Å². The molecule has 3 amide bonds. The maximum atomic E-state index is 12.9. The first-order valence-corrected chi connectivity index (χ1v) is 12.6. The number of aryl methyl sites for hydroxylation is 1. The number of nitrogens with one attached hydrogen (secondary N) is 1. The van der Waals surface area contributed by atoms with E-state index in [2.05, 4.69) is 50.5 Å². The molecule has 0 unspecified atom stereocenters. The molecule has 0 bridgehead atoms. The summed E-state index contributed by atoms with van der Waals surface area (Å²) in [6.45, 7) is 2.42. The topological polar surface area (TPSA) is 102 Å². The van der Waals surface area contributed by atoms with E-state index in [-0.39, 0.29) is 30.4 Å². The number of amides is 3. The van der Waals surface area contributed by atoms with Crippen LogP contribution in [0.25, 0.3) is 6.08 Å². The zero-order valence-electron chi connectivity index (χ0n) is 18.5. The second-order valence-corrected chi connectivity index (χ2v) is 10.2. The van der Waals surface area contributed by atoms with E-state index in [4.69, 9.17) is 4.74 Å². The molecule has 0 spiro atoms. The normalized spacial score (nSPS) is 14.4. The summed E-state index contributed by atoms with van der Waals surface area (Å²) >= 11 is 4.31. The number of benzene rings is 3. The lowest BCUT2D eigenvalue weighted by Gasteiger charge is -2.12. The molecule has 1 heterocycles. The third-order valence-electron chi connectivity index (χ3n) is 5.25. The number of carbonyl (C=O) groups excluding carboxylic acids is 2. The monoisotopic (exact) mass is 695 g/mol. The van der Waals surface area contributed by atoms with E-state index < -0.39 is 11.0 Å². The summed E-state index contributed by atoms with van der Waals surface area (Å²) in [5.41, 5.74) is 3.75. The highest BCUT2D eigenvalue weighted by Gasteiger charge is 2.33. The van der Waals surface area contributed by atoms with Gasteiger partial charge < -0.3 is 10.1 Å². The second kappa shape index (κ2) is 10.7. The number of imide groups is 1. The molecular weight excluding hydrogens is 676 g/mol. The minimum atomic E-state index is -0.449. The molecule has 8 nitrogen and oxygen atoms in total. The van der Waals surface area contributed by atoms with Gasteiger partial charge in [0.05, 0.1) is 18.6 Å². The smallest absolute Gasteiger partial charge is 0.329 e. The molecule has 1 N–H and O–H groups in total. The van der Waals surface area contributed by atoms with Gasteiger partial charge in [-0.25, -0.2) is 4.79 Å². The van der Waals surface area contributed by atoms with E-state index in [0.29, 0.717) is 5.75 Å². The van der Waals surface area contributed by atoms with Gasteiger partial charge in [0.2, 0.25) is 0 Å². The highest BCUT2D eigenvalue weighted by Crippen LogP contribution is 2.31. The molecule has 0 radical (unpaired) electrons. The van der Waals surface area contributed by atoms with Gasteiger partial charge in [-0.2, -0.15) is 0 Å². The van der Waals surface area contributed by atoms with E-state index in [1.165, 1.54) is 17.0 Å². The van der Waals surface area contributed by atoms with Gasteiger partial charge in [-0.15, -0.1) is 0 Å². The molecule has 1 saturated heterocycles. The number of nitro benzene ring substituents is 1. The number of ether oxygens (including phenoxy) is 1. The second-order valence-electron chi connectivity index (χ2n) is 7.89. The van der Waals surface area contributed by atoms with Crippen LogP contribution in [0.1, 0.15) is 22.3 Å². The number of hydrogen-bond acceptors (Lipinski definition) is 5. The molecule has 3 aromatic rings. The standard InChI is InChI=1S/C25H19I2N3O5/c1-15-3-2-4-17(9-15)13-29-24(31)22(28-25(29)32)12-18-10-20(26)23(21(27)11-18)35-14-16-5-7-19(8-6-16)30(33)34/h2-12H,13-14H2,1H3,(H,28,32)/b22-12+. The summed E-state index contributed by atoms with van der Waals surface area (Å²) in [6, 6.07) is 17.2. The number of carbonyl (C=O) groups is 2. The summed E-state index contributed by atoms with van der Waals surface area (Å²) < 4.78 is 7.62. The van der Waals surface area contributed by atoms with Crippen molar-refractivity contribution >= 4 is 68.9 Å². The molecule has 0 aliphatic carbocycles. The highest BCUT2D eigenvalue weighted by atomic mass is 127. The van der Waals surface area contributed by atoms with Crippen molar-refractivity contribution in [3.63, 3.8) is 0 Å². The third-order valence-corrected chi connectivity index (χ3v) is 6.85. The fraction of sp³-hybridized carbons (Fsp3) is 0.120. The summed E-state index contributed by atoms with van der Waals surface area (Å²) in [4.78, 5) is 36.9. The third kappa shape index (κ3) is 5.99. The Morgan fingerprint density at radius 1 is 1.03 bits per heavy atom. The van der Waals surface area contributed by atoms with Crippen molar-refractivity contribution in [3.8, 4) is 5.75 Å². The van der Waals surface area contributed by atoms with E-state index in [0.717, 1.165) is 29.4 Å². The largest absolute Gasteiger partial charge is 0.487 e. The van der Waals surface area contributed by atoms with Crippen LogP contribution in [0, 0.1) is 24.2 Å². The Morgan fingerprint density at radius 2 is 1.71 bits per heavy atom. The average molecular weight is 695 g/mol. The maximum absolute atomic E-state index is 12.9. The Labute approximate surface area is 228 Å². The number of non-ortho nitro benzene ring substituents is 1. The van der Waals surface area contributed by atoms with Gasteiger partial charge >= 0.3 is 6.03 Å². The van der Waals surface area contributed by atoms with Gasteiger partial charge in [-0.1, -0.05) is 29.8 Å². The predicted molar refractivity (Wildman–Crippen MR) is 148 cm³/mol. The van der Waals surface area contributed by atoms with Crippen LogP contribution in [0.15, 0.2) is 66.4 Å².